The highest BCUT2D eigenvalue weighted by Crippen LogP contribution is 2.47. The molecule has 0 saturated heterocycles. The van der Waals surface area contributed by atoms with Crippen molar-refractivity contribution in [3.05, 3.63) is 70.8 Å². The molecule has 440 valence electrons. The van der Waals surface area contributed by atoms with Crippen LogP contribution in [0.3, 0.4) is 0 Å². The van der Waals surface area contributed by atoms with Crippen LogP contribution in [0.2, 0.25) is 155 Å². The molecule has 0 spiro atoms. The van der Waals surface area contributed by atoms with E-state index in [1.54, 1.807) is 9.80 Å². The number of hydrogen-bond donors (Lipinski definition) is 0. The van der Waals surface area contributed by atoms with Crippen LogP contribution in [0.25, 0.3) is 43.1 Å². The molecule has 0 aliphatic carbocycles. The Hall–Kier alpha value is -2.74. The van der Waals surface area contributed by atoms with E-state index in [0.717, 1.165) is 134 Å². The summed E-state index contributed by atoms with van der Waals surface area (Å²) in [6.07, 6.45) is 10.7. The third-order valence-electron chi connectivity index (χ3n) is 16.0. The van der Waals surface area contributed by atoms with Gasteiger partial charge in [0.1, 0.15) is 0 Å². The van der Waals surface area contributed by atoms with Crippen LogP contribution in [0, 0.1) is 0 Å². The lowest BCUT2D eigenvalue weighted by Gasteiger charge is -2.36. The molecule has 0 atom stereocenters. The third-order valence-corrected chi connectivity index (χ3v) is 40.9. The van der Waals surface area contributed by atoms with Gasteiger partial charge in [0.25, 0.3) is 23.6 Å². The van der Waals surface area contributed by atoms with Crippen LogP contribution in [0.5, 0.6) is 0 Å². The summed E-state index contributed by atoms with van der Waals surface area (Å²) in [5.74, 6) is -0.878. The summed E-state index contributed by atoms with van der Waals surface area (Å²) in [6, 6.07) is 19.6. The van der Waals surface area contributed by atoms with E-state index in [0.29, 0.717) is 33.0 Å². The summed E-state index contributed by atoms with van der Waals surface area (Å²) in [6.45, 7) is 45.8. The van der Waals surface area contributed by atoms with E-state index in [9.17, 15) is 0 Å². The van der Waals surface area contributed by atoms with E-state index in [2.05, 4.69) is 131 Å². The first-order valence-corrected chi connectivity index (χ1v) is 56.6. The van der Waals surface area contributed by atoms with Gasteiger partial charge >= 0.3 is 0 Å². The Labute approximate surface area is 490 Å². The number of nitrogens with zero attached hydrogens (tertiary/aromatic N) is 2. The Morgan fingerprint density at radius 2 is 0.500 bits per heavy atom. The fourth-order valence-electron chi connectivity index (χ4n) is 14.0. The number of amides is 4. The molecular weight excluding hydrogens is 1130 g/mol. The fourth-order valence-corrected chi connectivity index (χ4v) is 46.6. The molecule has 10 nitrogen and oxygen atoms in total. The first-order chi connectivity index (χ1) is 36.8. The van der Waals surface area contributed by atoms with Gasteiger partial charge in [0, 0.05) is 45.1 Å². The lowest BCUT2D eigenvalue weighted by Crippen LogP contribution is -2.47. The lowest BCUT2D eigenvalue weighted by atomic mass is 9.81. The average Bonchev–Trinajstić information content (AvgIpc) is 3.28. The maximum absolute atomic E-state index is 15.2. The zero-order chi connectivity index (χ0) is 59.3. The Kier molecular flexibility index (Phi) is 19.7. The van der Waals surface area contributed by atoms with Crippen molar-refractivity contribution in [1.29, 1.82) is 0 Å². The lowest BCUT2D eigenvalue weighted by molar-refractivity contribution is 0.0502. The normalized spacial score (nSPS) is 15.5. The molecule has 18 heteroatoms. The molecule has 7 rings (SSSR count). The van der Waals surface area contributed by atoms with Crippen LogP contribution in [-0.4, -0.2) is 112 Å². The molecule has 0 fully saturated rings. The molecule has 2 heterocycles. The Bertz CT molecular complexity index is 2700. The molecule has 80 heavy (non-hydrogen) atoms. The zero-order valence-corrected chi connectivity index (χ0v) is 61.2. The van der Waals surface area contributed by atoms with Gasteiger partial charge in [-0.25, -0.2) is 0 Å². The zero-order valence-electron chi connectivity index (χ0n) is 53.2. The summed E-state index contributed by atoms with van der Waals surface area (Å²) >= 11 is 0. The van der Waals surface area contributed by atoms with Gasteiger partial charge in [-0.2, -0.15) is 0 Å². The van der Waals surface area contributed by atoms with Crippen molar-refractivity contribution in [3.8, 4) is 0 Å². The molecule has 5 aromatic rings. The predicted molar refractivity (Wildman–Crippen MR) is 359 cm³/mol. The highest BCUT2D eigenvalue weighted by molar-refractivity contribution is 6.86. The van der Waals surface area contributed by atoms with Crippen molar-refractivity contribution >= 4 is 133 Å². The standard InChI is InChI=1S/C62H102N2O8Si8/c1-73(2,3)69-77(13,14)41-25-21-29-45(30-22-26-42-78(15,16)70-74(4,5)6)63-59(65)51-37-33-47-49-35-39-53-58-54(40-36-50(56(49)58)48-34-38-52(60(63)66)57(51)55(47)48)62(68)64(61(53)67)46(31-23-27-43-79(17,18)71-75(7,8)9)32-24-28-44-80(19,20)72-76(10,11)12/h33-40,45-46H,21-32,41-44H2,1-20H3. The quantitative estimate of drug-likeness (QED) is 0.0147. The largest absolute Gasteiger partial charge is 0.456 e. The van der Waals surface area contributed by atoms with Gasteiger partial charge in [-0.3, -0.25) is 29.0 Å². The maximum Gasteiger partial charge on any atom is 0.261 e. The summed E-state index contributed by atoms with van der Waals surface area (Å²) in [5.41, 5.74) is 2.24. The minimum Gasteiger partial charge on any atom is -0.456 e. The second kappa shape index (κ2) is 24.3. The highest BCUT2D eigenvalue weighted by Gasteiger charge is 2.42. The fraction of sp³-hybridized carbons (Fsp3) is 0.613. The minimum atomic E-state index is -1.86. The van der Waals surface area contributed by atoms with Gasteiger partial charge in [-0.1, -0.05) is 75.6 Å². The predicted octanol–water partition coefficient (Wildman–Crippen LogP) is 18.6. The summed E-state index contributed by atoms with van der Waals surface area (Å²) < 4.78 is 26.8. The monoisotopic (exact) mass is 1230 g/mol. The Morgan fingerprint density at radius 3 is 0.688 bits per heavy atom. The highest BCUT2D eigenvalue weighted by atomic mass is 28.4. The molecule has 0 bridgehead atoms. The molecule has 0 unspecified atom stereocenters. The van der Waals surface area contributed by atoms with E-state index in [1.807, 2.05) is 48.5 Å². The third kappa shape index (κ3) is 16.0. The number of carbonyl (C=O) groups excluding carboxylic acids is 4. The topological polar surface area (TPSA) is 112 Å². The van der Waals surface area contributed by atoms with E-state index < -0.39 is 66.5 Å². The van der Waals surface area contributed by atoms with Crippen molar-refractivity contribution < 1.29 is 35.6 Å². The average molecular weight is 1230 g/mol. The van der Waals surface area contributed by atoms with Crippen molar-refractivity contribution in [1.82, 2.24) is 9.80 Å². The van der Waals surface area contributed by atoms with Crippen LogP contribution in [0.15, 0.2) is 48.5 Å². The molecule has 0 radical (unpaired) electrons. The first-order valence-electron chi connectivity index (χ1n) is 30.6. The molecule has 0 saturated carbocycles. The van der Waals surface area contributed by atoms with Crippen LogP contribution >= 0.6 is 0 Å². The number of rotatable bonds is 30. The molecule has 2 aliphatic rings. The van der Waals surface area contributed by atoms with Crippen molar-refractivity contribution in [2.24, 2.45) is 0 Å². The number of imide groups is 2. The molecule has 4 amide bonds. The van der Waals surface area contributed by atoms with Crippen LogP contribution in [-0.2, 0) is 16.5 Å². The van der Waals surface area contributed by atoms with E-state index in [1.165, 1.54) is 0 Å². The summed E-state index contributed by atoms with van der Waals surface area (Å²) in [7, 11) is -14.2. The van der Waals surface area contributed by atoms with Gasteiger partial charge < -0.3 is 16.5 Å². The summed E-state index contributed by atoms with van der Waals surface area (Å²) in [5, 5.41) is 6.83. The number of carbonyl (C=O) groups is 4. The van der Waals surface area contributed by atoms with Crippen LogP contribution in [0.4, 0.5) is 0 Å². The second-order valence-corrected chi connectivity index (χ2v) is 66.5. The van der Waals surface area contributed by atoms with E-state index in [-0.39, 0.29) is 35.7 Å². The molecule has 2 aliphatic heterocycles. The van der Waals surface area contributed by atoms with Gasteiger partial charge in [0.2, 0.25) is 0 Å². The number of benzene rings is 5. The van der Waals surface area contributed by atoms with E-state index >= 15 is 19.2 Å². The smallest absolute Gasteiger partial charge is 0.261 e. The van der Waals surface area contributed by atoms with Gasteiger partial charge in [0.15, 0.2) is 66.5 Å². The molecule has 0 aromatic heterocycles. The van der Waals surface area contributed by atoms with Gasteiger partial charge in [0.05, 0.1) is 0 Å². The number of fused-ring (bicyclic) bond motifs is 2. The first kappa shape index (κ1) is 64.8. The molecule has 5 aromatic carbocycles. The number of hydrogen-bond acceptors (Lipinski definition) is 8. The SMILES string of the molecule is C[Si](C)(C)O[Si](C)(C)CCCCC(CCCC[Si](C)(C)O[Si](C)(C)C)N1C(=O)c2ccc3c4ccc5c6c(ccc(c7ccc(c2c37)C1=O)c64)C(=O)N(C(CCCC[Si](C)(C)O[Si](C)(C)C)CCCC[Si](C)(C)O[Si](C)(C)C)C5=O. The second-order valence-electron chi connectivity index (χ2n) is 30.3. The minimum absolute atomic E-state index is 0.219. The van der Waals surface area contributed by atoms with Crippen molar-refractivity contribution in [3.63, 3.8) is 0 Å². The Balaban J connectivity index is 1.20. The van der Waals surface area contributed by atoms with Crippen molar-refractivity contribution in [2.45, 2.75) is 244 Å². The van der Waals surface area contributed by atoms with Crippen LogP contribution in [0.1, 0.15) is 118 Å². The van der Waals surface area contributed by atoms with Gasteiger partial charge in [-0.15, -0.1) is 0 Å². The van der Waals surface area contributed by atoms with E-state index in [4.69, 9.17) is 16.5 Å². The maximum atomic E-state index is 15.2. The summed E-state index contributed by atoms with van der Waals surface area (Å²) in [4.78, 5) is 63.9. The molecular formula is C62H102N2O8Si8. The Morgan fingerprint density at radius 1 is 0.300 bits per heavy atom. The van der Waals surface area contributed by atoms with Crippen LogP contribution < -0.4 is 0 Å². The molecule has 0 N–H and O–H groups in total. The number of unbranched alkanes of at least 4 members (excludes halogenated alkanes) is 4. The van der Waals surface area contributed by atoms with Gasteiger partial charge in [-0.05, 0) is 237 Å². The van der Waals surface area contributed by atoms with Crippen molar-refractivity contribution in [2.75, 3.05) is 0 Å².